The van der Waals surface area contributed by atoms with Gasteiger partial charge in [0, 0.05) is 42.4 Å². The number of fused-ring (bicyclic) bond motifs is 1. The van der Waals surface area contributed by atoms with Gasteiger partial charge in [0.2, 0.25) is 5.91 Å². The van der Waals surface area contributed by atoms with Crippen LogP contribution in [0.3, 0.4) is 0 Å². The third-order valence-electron chi connectivity index (χ3n) is 5.69. The maximum atomic E-state index is 13.7. The first-order chi connectivity index (χ1) is 15.9. The Balaban J connectivity index is 1.69. The number of carbonyl (C=O) groups excluding carboxylic acids is 3. The number of urea groups is 1. The van der Waals surface area contributed by atoms with Crippen LogP contribution in [0.2, 0.25) is 10.0 Å². The fourth-order valence-corrected chi connectivity index (χ4v) is 5.04. The van der Waals surface area contributed by atoms with E-state index in [9.17, 15) is 27.6 Å². The summed E-state index contributed by atoms with van der Waals surface area (Å²) in [5, 5.41) is 3.21. The van der Waals surface area contributed by atoms with Gasteiger partial charge in [-0.05, 0) is 35.9 Å². The van der Waals surface area contributed by atoms with E-state index in [0.717, 1.165) is 17.0 Å². The monoisotopic (exact) mass is 515 g/mol. The molecular formula is C22H18Cl2F3N3O4. The summed E-state index contributed by atoms with van der Waals surface area (Å²) in [7, 11) is 0. The molecule has 0 saturated carbocycles. The Kier molecular flexibility index (Phi) is 6.15. The summed E-state index contributed by atoms with van der Waals surface area (Å²) in [5.41, 5.74) is -0.646. The van der Waals surface area contributed by atoms with Gasteiger partial charge in [-0.1, -0.05) is 35.3 Å². The lowest BCUT2D eigenvalue weighted by molar-refractivity contribution is -0.274. The molecule has 180 valence electrons. The summed E-state index contributed by atoms with van der Waals surface area (Å²) in [6, 6.07) is 8.34. The summed E-state index contributed by atoms with van der Waals surface area (Å²) in [6.07, 6.45) is -4.69. The molecule has 2 saturated heterocycles. The van der Waals surface area contributed by atoms with Crippen LogP contribution >= 0.6 is 23.2 Å². The van der Waals surface area contributed by atoms with Gasteiger partial charge in [0.05, 0.1) is 5.69 Å². The molecule has 12 heteroatoms. The normalized spacial score (nSPS) is 22.2. The molecule has 0 spiro atoms. The van der Waals surface area contributed by atoms with Crippen LogP contribution in [0, 0.1) is 0 Å². The van der Waals surface area contributed by atoms with E-state index in [1.54, 1.807) is 0 Å². The Morgan fingerprint density at radius 3 is 2.32 bits per heavy atom. The topological polar surface area (TPSA) is 79.0 Å². The third kappa shape index (κ3) is 4.65. The van der Waals surface area contributed by atoms with Crippen LogP contribution in [0.25, 0.3) is 0 Å². The van der Waals surface area contributed by atoms with Crippen molar-refractivity contribution in [3.63, 3.8) is 0 Å². The molecule has 34 heavy (non-hydrogen) atoms. The van der Waals surface area contributed by atoms with Crippen molar-refractivity contribution in [1.29, 1.82) is 0 Å². The second-order valence-electron chi connectivity index (χ2n) is 8.16. The van der Waals surface area contributed by atoms with E-state index in [2.05, 4.69) is 10.1 Å². The fourth-order valence-electron chi connectivity index (χ4n) is 4.53. The van der Waals surface area contributed by atoms with E-state index in [4.69, 9.17) is 23.2 Å². The molecule has 2 atom stereocenters. The van der Waals surface area contributed by atoms with Gasteiger partial charge in [-0.3, -0.25) is 9.59 Å². The van der Waals surface area contributed by atoms with Crippen LogP contribution in [0.15, 0.2) is 42.5 Å². The minimum atomic E-state index is -4.83. The number of halogens is 5. The molecular weight excluding hydrogens is 498 g/mol. The van der Waals surface area contributed by atoms with Crippen LogP contribution in [-0.4, -0.2) is 47.2 Å². The second kappa shape index (κ2) is 8.66. The van der Waals surface area contributed by atoms with E-state index < -0.39 is 35.6 Å². The van der Waals surface area contributed by atoms with Crippen LogP contribution in [0.5, 0.6) is 5.75 Å². The Labute approximate surface area is 202 Å². The van der Waals surface area contributed by atoms with E-state index in [1.165, 1.54) is 42.2 Å². The molecule has 7 nitrogen and oxygen atoms in total. The number of hydrogen-bond acceptors (Lipinski definition) is 4. The highest BCUT2D eigenvalue weighted by Gasteiger charge is 2.62. The summed E-state index contributed by atoms with van der Waals surface area (Å²) in [4.78, 5) is 41.1. The average molecular weight is 516 g/mol. The Morgan fingerprint density at radius 2 is 1.76 bits per heavy atom. The fraction of sp³-hybridized carbons (Fsp3) is 0.318. The van der Waals surface area contributed by atoms with Gasteiger partial charge in [0.1, 0.15) is 11.3 Å². The number of benzene rings is 2. The van der Waals surface area contributed by atoms with Crippen LogP contribution in [0.1, 0.15) is 18.9 Å². The molecule has 0 aromatic heterocycles. The summed E-state index contributed by atoms with van der Waals surface area (Å²) < 4.78 is 41.3. The summed E-state index contributed by atoms with van der Waals surface area (Å²) in [5.74, 6) is -1.26. The number of amides is 4. The number of carbonyl (C=O) groups is 3. The number of ether oxygens (including phenoxy) is 1. The van der Waals surface area contributed by atoms with Gasteiger partial charge in [-0.15, -0.1) is 13.2 Å². The summed E-state index contributed by atoms with van der Waals surface area (Å²) in [6.45, 7) is 1.42. The maximum Gasteiger partial charge on any atom is 0.573 e. The summed E-state index contributed by atoms with van der Waals surface area (Å²) >= 11 is 12.1. The van der Waals surface area contributed by atoms with Gasteiger partial charge in [0.25, 0.3) is 5.91 Å². The minimum Gasteiger partial charge on any atom is -0.406 e. The Bertz CT molecular complexity index is 1140. The van der Waals surface area contributed by atoms with Crippen molar-refractivity contribution >= 4 is 46.7 Å². The molecule has 2 heterocycles. The van der Waals surface area contributed by atoms with E-state index >= 15 is 0 Å². The maximum absolute atomic E-state index is 13.7. The zero-order valence-corrected chi connectivity index (χ0v) is 19.2. The van der Waals surface area contributed by atoms with Crippen molar-refractivity contribution in [1.82, 2.24) is 10.2 Å². The van der Waals surface area contributed by atoms with Crippen LogP contribution < -0.4 is 15.0 Å². The lowest BCUT2D eigenvalue weighted by Gasteiger charge is -2.28. The first-order valence-electron chi connectivity index (χ1n) is 10.1. The number of hydrogen-bond donors (Lipinski definition) is 1. The zero-order valence-electron chi connectivity index (χ0n) is 17.7. The number of nitrogens with zero attached hydrogens (tertiary/aromatic N) is 2. The van der Waals surface area contributed by atoms with Gasteiger partial charge in [-0.25, -0.2) is 9.69 Å². The number of imide groups is 1. The highest BCUT2D eigenvalue weighted by atomic mass is 35.5. The largest absolute Gasteiger partial charge is 0.573 e. The molecule has 2 fully saturated rings. The predicted octanol–water partition coefficient (Wildman–Crippen LogP) is 4.55. The smallest absolute Gasteiger partial charge is 0.406 e. The standard InChI is InChI=1S/C22H18Cl2F3N3O4/c1-12(31)28-16-10-21(9-13-2-4-18(5-3-13)34-22(25,26)27)19(32)30(20(33)29(21)11-16)17-7-14(23)6-15(24)8-17/h2-8,16H,9-11H2,1H3,(H,28,31)/t16-,21-/m0/s1. The SMILES string of the molecule is CC(=O)N[C@@H]1CN2C(=O)N(c3cc(Cl)cc(Cl)c3)C(=O)[C@]2(Cc2ccc(OC(F)(F)F)cc2)C1. The molecule has 4 rings (SSSR count). The quantitative estimate of drug-likeness (QED) is 0.592. The molecule has 0 unspecified atom stereocenters. The van der Waals surface area contributed by atoms with Crippen molar-refractivity contribution in [2.24, 2.45) is 0 Å². The molecule has 0 bridgehead atoms. The lowest BCUT2D eigenvalue weighted by atomic mass is 9.87. The molecule has 2 aromatic carbocycles. The predicted molar refractivity (Wildman–Crippen MR) is 118 cm³/mol. The lowest BCUT2D eigenvalue weighted by Crippen LogP contribution is -2.47. The number of alkyl halides is 3. The second-order valence-corrected chi connectivity index (χ2v) is 9.04. The first-order valence-corrected chi connectivity index (χ1v) is 10.9. The molecule has 0 radical (unpaired) electrons. The van der Waals surface area contributed by atoms with Crippen molar-refractivity contribution in [3.8, 4) is 5.75 Å². The molecule has 2 aliphatic rings. The Morgan fingerprint density at radius 1 is 1.15 bits per heavy atom. The van der Waals surface area contributed by atoms with E-state index in [0.29, 0.717) is 5.56 Å². The Hall–Kier alpha value is -2.98. The van der Waals surface area contributed by atoms with Crippen LogP contribution in [0.4, 0.5) is 23.7 Å². The molecule has 2 aliphatic heterocycles. The van der Waals surface area contributed by atoms with Gasteiger partial charge < -0.3 is 15.0 Å². The number of rotatable bonds is 5. The molecule has 4 amide bonds. The molecule has 2 aromatic rings. The van der Waals surface area contributed by atoms with Crippen LogP contribution in [-0.2, 0) is 16.0 Å². The van der Waals surface area contributed by atoms with E-state index in [-0.39, 0.29) is 41.0 Å². The first kappa shape index (κ1) is 24.2. The van der Waals surface area contributed by atoms with E-state index in [1.807, 2.05) is 0 Å². The third-order valence-corrected chi connectivity index (χ3v) is 6.13. The minimum absolute atomic E-state index is 0.0186. The van der Waals surface area contributed by atoms with Gasteiger partial charge >= 0.3 is 12.4 Å². The van der Waals surface area contributed by atoms with Crippen molar-refractivity contribution in [3.05, 3.63) is 58.1 Å². The number of anilines is 1. The molecule has 0 aliphatic carbocycles. The van der Waals surface area contributed by atoms with Crippen molar-refractivity contribution in [2.45, 2.75) is 37.7 Å². The van der Waals surface area contributed by atoms with Gasteiger partial charge in [-0.2, -0.15) is 0 Å². The van der Waals surface area contributed by atoms with Crippen molar-refractivity contribution < 1.29 is 32.3 Å². The molecule has 1 N–H and O–H groups in total. The van der Waals surface area contributed by atoms with Crippen molar-refractivity contribution in [2.75, 3.05) is 11.4 Å². The zero-order chi connectivity index (χ0) is 24.8. The highest BCUT2D eigenvalue weighted by Crippen LogP contribution is 2.43. The van der Waals surface area contributed by atoms with Gasteiger partial charge in [0.15, 0.2) is 0 Å². The average Bonchev–Trinajstić information content (AvgIpc) is 3.14. The number of nitrogens with one attached hydrogen (secondary N) is 1. The highest BCUT2D eigenvalue weighted by molar-refractivity contribution is 6.35.